The fourth-order valence-electron chi connectivity index (χ4n) is 4.87. The van der Waals surface area contributed by atoms with Gasteiger partial charge >= 0.3 is 0 Å². The highest BCUT2D eigenvalue weighted by molar-refractivity contribution is 8.00. The lowest BCUT2D eigenvalue weighted by molar-refractivity contribution is -0.115. The van der Waals surface area contributed by atoms with Crippen LogP contribution in [0.15, 0.2) is 83.8 Å². The number of carbonyl (C=O) groups excluding carboxylic acids is 2. The fourth-order valence-corrected chi connectivity index (χ4v) is 7.13. The normalized spacial score (nSPS) is 13.6. The van der Waals surface area contributed by atoms with Crippen LogP contribution in [0.4, 0.5) is 10.7 Å². The standard InChI is InChI=1S/C33H32N4O2S2/c1-3-29(40-26-11-7-10-25(18-26)35-31(38)24-14-12-22(2)13-15-24)32(39)36-33-28(19-34)27-16-17-37(21-30(27)41-33)20-23-8-5-4-6-9-23/h4-15,18,29H,3,16-17,20-21H2,1-2H3,(H,35,38)(H,36,39). The molecule has 6 nitrogen and oxygen atoms in total. The average Bonchev–Trinajstić information content (AvgIpc) is 3.32. The van der Waals surface area contributed by atoms with E-state index in [1.807, 2.05) is 56.3 Å². The fraction of sp³-hybridized carbons (Fsp3) is 0.242. The number of thiophene rings is 1. The number of aryl methyl sites for hydroxylation is 1. The van der Waals surface area contributed by atoms with E-state index in [2.05, 4.69) is 45.9 Å². The van der Waals surface area contributed by atoms with Crippen LogP contribution in [0.2, 0.25) is 0 Å². The van der Waals surface area contributed by atoms with Crippen molar-refractivity contribution < 1.29 is 9.59 Å². The van der Waals surface area contributed by atoms with Crippen molar-refractivity contribution in [3.05, 3.63) is 112 Å². The molecular weight excluding hydrogens is 549 g/mol. The Kier molecular flexibility index (Phi) is 9.20. The van der Waals surface area contributed by atoms with E-state index in [0.717, 1.165) is 47.0 Å². The summed E-state index contributed by atoms with van der Waals surface area (Å²) in [5.74, 6) is -0.298. The number of nitrogens with one attached hydrogen (secondary N) is 2. The summed E-state index contributed by atoms with van der Waals surface area (Å²) in [4.78, 5) is 30.5. The van der Waals surface area contributed by atoms with Crippen LogP contribution >= 0.6 is 23.1 Å². The zero-order chi connectivity index (χ0) is 28.8. The van der Waals surface area contributed by atoms with Gasteiger partial charge in [0, 0.05) is 40.7 Å². The number of hydrogen-bond donors (Lipinski definition) is 2. The van der Waals surface area contributed by atoms with Gasteiger partial charge in [0.25, 0.3) is 5.91 Å². The van der Waals surface area contributed by atoms with Crippen LogP contribution < -0.4 is 10.6 Å². The molecule has 2 N–H and O–H groups in total. The molecule has 2 heterocycles. The van der Waals surface area contributed by atoms with E-state index in [1.54, 1.807) is 12.1 Å². The third-order valence-corrected chi connectivity index (χ3v) is 9.57. The molecule has 5 rings (SSSR count). The molecule has 208 valence electrons. The molecule has 0 spiro atoms. The van der Waals surface area contributed by atoms with Gasteiger partial charge in [0.2, 0.25) is 5.91 Å². The van der Waals surface area contributed by atoms with Crippen LogP contribution in [0.5, 0.6) is 0 Å². The maximum atomic E-state index is 13.4. The van der Waals surface area contributed by atoms with E-state index in [4.69, 9.17) is 0 Å². The molecule has 2 amide bonds. The molecule has 3 aromatic carbocycles. The average molecular weight is 581 g/mol. The number of nitrogens with zero attached hydrogens (tertiary/aromatic N) is 2. The number of benzene rings is 3. The summed E-state index contributed by atoms with van der Waals surface area (Å²) in [6.07, 6.45) is 1.42. The van der Waals surface area contributed by atoms with E-state index >= 15 is 0 Å². The van der Waals surface area contributed by atoms with Crippen molar-refractivity contribution in [1.82, 2.24) is 4.90 Å². The number of hydrogen-bond acceptors (Lipinski definition) is 6. The smallest absolute Gasteiger partial charge is 0.255 e. The van der Waals surface area contributed by atoms with Crippen molar-refractivity contribution in [3.63, 3.8) is 0 Å². The second kappa shape index (κ2) is 13.2. The van der Waals surface area contributed by atoms with Gasteiger partial charge in [0.1, 0.15) is 11.1 Å². The molecule has 0 fully saturated rings. The van der Waals surface area contributed by atoms with Gasteiger partial charge in [0.15, 0.2) is 0 Å². The SMILES string of the molecule is CCC(Sc1cccc(NC(=O)c2ccc(C)cc2)c1)C(=O)Nc1sc2c(c1C#N)CCN(Cc1ccccc1)C2. The Morgan fingerprint density at radius 1 is 1.05 bits per heavy atom. The van der Waals surface area contributed by atoms with Crippen molar-refractivity contribution >= 4 is 45.6 Å². The van der Waals surface area contributed by atoms with Crippen molar-refractivity contribution in [2.45, 2.75) is 49.9 Å². The van der Waals surface area contributed by atoms with Gasteiger partial charge in [-0.25, -0.2) is 0 Å². The second-order valence-electron chi connectivity index (χ2n) is 10.1. The minimum atomic E-state index is -0.349. The Morgan fingerprint density at radius 3 is 2.56 bits per heavy atom. The third kappa shape index (κ3) is 7.06. The van der Waals surface area contributed by atoms with Crippen molar-refractivity contribution in [1.29, 1.82) is 5.26 Å². The predicted molar refractivity (Wildman–Crippen MR) is 167 cm³/mol. The third-order valence-electron chi connectivity index (χ3n) is 7.08. The molecule has 1 aromatic heterocycles. The molecule has 4 aromatic rings. The lowest BCUT2D eigenvalue weighted by Crippen LogP contribution is -2.29. The van der Waals surface area contributed by atoms with E-state index in [0.29, 0.717) is 28.2 Å². The summed E-state index contributed by atoms with van der Waals surface area (Å²) < 4.78 is 0. The summed E-state index contributed by atoms with van der Waals surface area (Å²) in [5.41, 5.74) is 5.29. The van der Waals surface area contributed by atoms with Gasteiger partial charge in [0.05, 0.1) is 10.8 Å². The largest absolute Gasteiger partial charge is 0.322 e. The Balaban J connectivity index is 1.24. The predicted octanol–water partition coefficient (Wildman–Crippen LogP) is 7.25. The van der Waals surface area contributed by atoms with E-state index in [-0.39, 0.29) is 17.1 Å². The summed E-state index contributed by atoms with van der Waals surface area (Å²) >= 11 is 2.97. The molecule has 0 saturated carbocycles. The Bertz CT molecular complexity index is 1580. The topological polar surface area (TPSA) is 85.2 Å². The Morgan fingerprint density at radius 2 is 1.83 bits per heavy atom. The Labute approximate surface area is 249 Å². The van der Waals surface area contributed by atoms with E-state index in [1.165, 1.54) is 28.7 Å². The first kappa shape index (κ1) is 28.6. The molecule has 0 bridgehead atoms. The molecule has 0 saturated heterocycles. The number of fused-ring (bicyclic) bond motifs is 1. The first-order valence-corrected chi connectivity index (χ1v) is 15.4. The molecule has 8 heteroatoms. The summed E-state index contributed by atoms with van der Waals surface area (Å²) in [6, 6.07) is 27.7. The maximum Gasteiger partial charge on any atom is 0.255 e. The number of amides is 2. The minimum absolute atomic E-state index is 0.122. The Hall–Kier alpha value is -3.90. The summed E-state index contributed by atoms with van der Waals surface area (Å²) in [5, 5.41) is 16.3. The molecule has 1 atom stereocenters. The zero-order valence-electron chi connectivity index (χ0n) is 23.1. The van der Waals surface area contributed by atoms with Gasteiger partial charge in [-0.1, -0.05) is 61.0 Å². The second-order valence-corrected chi connectivity index (χ2v) is 12.5. The molecular formula is C33H32N4O2S2. The number of rotatable bonds is 9. The van der Waals surface area contributed by atoms with Gasteiger partial charge in [-0.05, 0) is 61.2 Å². The quantitative estimate of drug-likeness (QED) is 0.204. The number of carbonyl (C=O) groups is 2. The maximum absolute atomic E-state index is 13.4. The van der Waals surface area contributed by atoms with Crippen LogP contribution in [-0.2, 0) is 24.3 Å². The van der Waals surface area contributed by atoms with E-state index in [9.17, 15) is 14.9 Å². The van der Waals surface area contributed by atoms with Crippen LogP contribution in [0, 0.1) is 18.3 Å². The lowest BCUT2D eigenvalue weighted by atomic mass is 10.0. The zero-order valence-corrected chi connectivity index (χ0v) is 24.8. The molecule has 0 aliphatic carbocycles. The van der Waals surface area contributed by atoms with Crippen molar-refractivity contribution in [2.24, 2.45) is 0 Å². The molecule has 1 aliphatic heterocycles. The monoisotopic (exact) mass is 580 g/mol. The van der Waals surface area contributed by atoms with Crippen molar-refractivity contribution in [3.8, 4) is 6.07 Å². The summed E-state index contributed by atoms with van der Waals surface area (Å²) in [6.45, 7) is 6.47. The van der Waals surface area contributed by atoms with Crippen LogP contribution in [0.25, 0.3) is 0 Å². The lowest BCUT2D eigenvalue weighted by Gasteiger charge is -2.26. The first-order valence-electron chi connectivity index (χ1n) is 13.7. The van der Waals surface area contributed by atoms with Crippen LogP contribution in [-0.4, -0.2) is 28.5 Å². The first-order chi connectivity index (χ1) is 19.9. The molecule has 1 unspecified atom stereocenters. The highest BCUT2D eigenvalue weighted by atomic mass is 32.2. The minimum Gasteiger partial charge on any atom is -0.322 e. The highest BCUT2D eigenvalue weighted by Gasteiger charge is 2.27. The molecule has 0 radical (unpaired) electrons. The number of anilines is 2. The van der Waals surface area contributed by atoms with Gasteiger partial charge in [-0.3, -0.25) is 14.5 Å². The van der Waals surface area contributed by atoms with Crippen LogP contribution in [0.1, 0.15) is 50.8 Å². The van der Waals surface area contributed by atoms with Crippen molar-refractivity contribution in [2.75, 3.05) is 17.2 Å². The number of nitriles is 1. The van der Waals surface area contributed by atoms with Crippen LogP contribution in [0.3, 0.4) is 0 Å². The number of thioether (sulfide) groups is 1. The van der Waals surface area contributed by atoms with Gasteiger partial charge in [-0.2, -0.15) is 5.26 Å². The summed E-state index contributed by atoms with van der Waals surface area (Å²) in [7, 11) is 0. The van der Waals surface area contributed by atoms with Gasteiger partial charge in [-0.15, -0.1) is 23.1 Å². The molecule has 1 aliphatic rings. The molecule has 41 heavy (non-hydrogen) atoms. The van der Waals surface area contributed by atoms with E-state index < -0.39 is 0 Å². The highest BCUT2D eigenvalue weighted by Crippen LogP contribution is 2.38. The van der Waals surface area contributed by atoms with Gasteiger partial charge < -0.3 is 10.6 Å².